The van der Waals surface area contributed by atoms with E-state index >= 15 is 0 Å². The summed E-state index contributed by atoms with van der Waals surface area (Å²) in [6, 6.07) is 17.0. The van der Waals surface area contributed by atoms with Gasteiger partial charge in [-0.05, 0) is 35.7 Å². The van der Waals surface area contributed by atoms with E-state index in [0.29, 0.717) is 22.8 Å². The number of amides is 1. The topological polar surface area (TPSA) is 81.3 Å². The molecule has 1 N–H and O–H groups in total. The molecule has 0 spiro atoms. The van der Waals surface area contributed by atoms with Crippen molar-refractivity contribution in [2.24, 2.45) is 0 Å². The second-order valence-corrected chi connectivity index (χ2v) is 7.35. The molecule has 0 saturated heterocycles. The van der Waals surface area contributed by atoms with Crippen LogP contribution in [0.1, 0.15) is 18.1 Å². The summed E-state index contributed by atoms with van der Waals surface area (Å²) in [5.41, 5.74) is 3.69. The van der Waals surface area contributed by atoms with Gasteiger partial charge in [0.15, 0.2) is 0 Å². The molecule has 1 amide bonds. The van der Waals surface area contributed by atoms with E-state index in [0.717, 1.165) is 22.2 Å². The number of fused-ring (bicyclic) bond motifs is 1. The highest BCUT2D eigenvalue weighted by molar-refractivity contribution is 6.30. The van der Waals surface area contributed by atoms with Crippen LogP contribution in [0.3, 0.4) is 0 Å². The van der Waals surface area contributed by atoms with Gasteiger partial charge in [-0.15, -0.1) is 0 Å². The number of hydrogen-bond donors (Lipinski definition) is 1. The quantitative estimate of drug-likeness (QED) is 0.518. The molecular formula is C22H20ClN5O2. The lowest BCUT2D eigenvalue weighted by molar-refractivity contribution is -0.122. The third-order valence-corrected chi connectivity index (χ3v) is 5.05. The zero-order chi connectivity index (χ0) is 21.1. The third-order valence-electron chi connectivity index (χ3n) is 4.82. The van der Waals surface area contributed by atoms with E-state index in [1.54, 1.807) is 18.2 Å². The van der Waals surface area contributed by atoms with E-state index < -0.39 is 0 Å². The van der Waals surface area contributed by atoms with Gasteiger partial charge in [-0.3, -0.25) is 9.59 Å². The Kier molecular flexibility index (Phi) is 5.63. The summed E-state index contributed by atoms with van der Waals surface area (Å²) in [6.45, 7) is 2.24. The molecule has 152 valence electrons. The van der Waals surface area contributed by atoms with Crippen molar-refractivity contribution >= 4 is 23.0 Å². The summed E-state index contributed by atoms with van der Waals surface area (Å²) in [5, 5.41) is 11.9. The predicted molar refractivity (Wildman–Crippen MR) is 115 cm³/mol. The van der Waals surface area contributed by atoms with Gasteiger partial charge in [0.1, 0.15) is 18.4 Å². The average molecular weight is 422 g/mol. The molecule has 0 aliphatic carbocycles. The fourth-order valence-electron chi connectivity index (χ4n) is 3.14. The van der Waals surface area contributed by atoms with Crippen molar-refractivity contribution in [1.82, 2.24) is 24.7 Å². The minimum absolute atomic E-state index is 0.179. The lowest BCUT2D eigenvalue weighted by atomic mass is 10.1. The number of carbonyl (C=O) groups is 1. The van der Waals surface area contributed by atoms with Crippen LogP contribution in [-0.4, -0.2) is 25.3 Å². The molecule has 4 aromatic rings. The van der Waals surface area contributed by atoms with Gasteiger partial charge in [-0.1, -0.05) is 54.9 Å². The number of nitrogens with zero attached hydrogens (tertiary/aromatic N) is 4. The van der Waals surface area contributed by atoms with Gasteiger partial charge in [0.05, 0.1) is 5.69 Å². The number of aryl methyl sites for hydroxylation is 1. The molecule has 8 heteroatoms. The smallest absolute Gasteiger partial charge is 0.293 e. The summed E-state index contributed by atoms with van der Waals surface area (Å²) in [5.74, 6) is -0.316. The summed E-state index contributed by atoms with van der Waals surface area (Å²) in [4.78, 5) is 25.0. The highest BCUT2D eigenvalue weighted by Crippen LogP contribution is 2.19. The van der Waals surface area contributed by atoms with E-state index in [2.05, 4.69) is 22.4 Å². The van der Waals surface area contributed by atoms with Gasteiger partial charge in [0.25, 0.3) is 5.56 Å². The van der Waals surface area contributed by atoms with Crippen molar-refractivity contribution in [3.8, 4) is 11.3 Å². The molecule has 0 bridgehead atoms. The number of rotatable bonds is 6. The van der Waals surface area contributed by atoms with Crippen LogP contribution >= 0.6 is 11.6 Å². The second kappa shape index (κ2) is 8.51. The molecule has 0 aliphatic heterocycles. The Bertz CT molecular complexity index is 1260. The lowest BCUT2D eigenvalue weighted by Gasteiger charge is -2.07. The summed E-state index contributed by atoms with van der Waals surface area (Å²) in [6.07, 6.45) is 2.39. The second-order valence-electron chi connectivity index (χ2n) is 6.91. The molecule has 0 aliphatic rings. The standard InChI is InChI=1S/C22H20ClN5O2/c1-2-15-6-8-17(9-7-15)19-11-20-22(30)27(25-14-28(20)26-19)13-21(29)24-12-16-4-3-5-18(23)10-16/h3-11,14H,2,12-13H2,1H3,(H,24,29). The maximum Gasteiger partial charge on any atom is 0.293 e. The Morgan fingerprint density at radius 2 is 1.90 bits per heavy atom. The number of hydrogen-bond acceptors (Lipinski definition) is 4. The average Bonchev–Trinajstić information content (AvgIpc) is 3.20. The number of halogens is 1. The van der Waals surface area contributed by atoms with E-state index in [1.807, 2.05) is 36.4 Å². The first kappa shape index (κ1) is 19.8. The zero-order valence-corrected chi connectivity index (χ0v) is 17.1. The van der Waals surface area contributed by atoms with Gasteiger partial charge in [0, 0.05) is 17.1 Å². The number of benzene rings is 2. The van der Waals surface area contributed by atoms with Crippen molar-refractivity contribution in [2.45, 2.75) is 26.4 Å². The summed E-state index contributed by atoms with van der Waals surface area (Å²) < 4.78 is 2.57. The molecule has 0 fully saturated rings. The molecule has 2 heterocycles. The number of nitrogens with one attached hydrogen (secondary N) is 1. The van der Waals surface area contributed by atoms with E-state index in [4.69, 9.17) is 11.6 Å². The Hall–Kier alpha value is -3.45. The first-order valence-corrected chi connectivity index (χ1v) is 9.97. The van der Waals surface area contributed by atoms with Crippen LogP contribution in [0.4, 0.5) is 0 Å². The maximum atomic E-state index is 12.8. The van der Waals surface area contributed by atoms with Crippen molar-refractivity contribution in [2.75, 3.05) is 0 Å². The predicted octanol–water partition coefficient (Wildman–Crippen LogP) is 3.09. The fourth-order valence-corrected chi connectivity index (χ4v) is 3.36. The van der Waals surface area contributed by atoms with Gasteiger partial charge in [0.2, 0.25) is 5.91 Å². The van der Waals surface area contributed by atoms with Crippen LogP contribution in [0, 0.1) is 0 Å². The first-order valence-electron chi connectivity index (χ1n) is 9.59. The van der Waals surface area contributed by atoms with Crippen molar-refractivity contribution in [3.63, 3.8) is 0 Å². The molecule has 30 heavy (non-hydrogen) atoms. The number of carbonyl (C=O) groups excluding carboxylic acids is 1. The maximum absolute atomic E-state index is 12.8. The molecular weight excluding hydrogens is 402 g/mol. The van der Waals surface area contributed by atoms with Gasteiger partial charge in [-0.2, -0.15) is 10.2 Å². The minimum Gasteiger partial charge on any atom is -0.350 e. The largest absolute Gasteiger partial charge is 0.350 e. The Balaban J connectivity index is 1.51. The molecule has 7 nitrogen and oxygen atoms in total. The monoisotopic (exact) mass is 421 g/mol. The van der Waals surface area contributed by atoms with Gasteiger partial charge < -0.3 is 5.32 Å². The first-order chi connectivity index (χ1) is 14.5. The molecule has 0 radical (unpaired) electrons. The normalized spacial score (nSPS) is 11.0. The minimum atomic E-state index is -0.376. The van der Waals surface area contributed by atoms with Crippen LogP contribution in [0.5, 0.6) is 0 Å². The van der Waals surface area contributed by atoms with Crippen LogP contribution in [0.25, 0.3) is 16.8 Å². The SMILES string of the molecule is CCc1ccc(-c2cc3c(=O)n(CC(=O)NCc4cccc(Cl)c4)ncn3n2)cc1. The molecule has 0 atom stereocenters. The molecule has 2 aromatic carbocycles. The summed E-state index contributed by atoms with van der Waals surface area (Å²) in [7, 11) is 0. The van der Waals surface area contributed by atoms with Crippen molar-refractivity contribution in [1.29, 1.82) is 0 Å². The van der Waals surface area contributed by atoms with Crippen LogP contribution in [0.2, 0.25) is 5.02 Å². The van der Waals surface area contributed by atoms with Crippen LogP contribution in [0.15, 0.2) is 65.7 Å². The molecule has 4 rings (SSSR count). The van der Waals surface area contributed by atoms with Gasteiger partial charge >= 0.3 is 0 Å². The Morgan fingerprint density at radius 1 is 1.10 bits per heavy atom. The zero-order valence-electron chi connectivity index (χ0n) is 16.4. The third kappa shape index (κ3) is 4.26. The highest BCUT2D eigenvalue weighted by Gasteiger charge is 2.12. The number of aromatic nitrogens is 4. The summed E-state index contributed by atoms with van der Waals surface area (Å²) >= 11 is 5.95. The Labute approximate surface area is 177 Å². The van der Waals surface area contributed by atoms with Crippen LogP contribution in [-0.2, 0) is 24.3 Å². The van der Waals surface area contributed by atoms with E-state index in [9.17, 15) is 9.59 Å². The lowest BCUT2D eigenvalue weighted by Crippen LogP contribution is -2.34. The molecule has 2 aromatic heterocycles. The van der Waals surface area contributed by atoms with Crippen molar-refractivity contribution < 1.29 is 4.79 Å². The van der Waals surface area contributed by atoms with Crippen molar-refractivity contribution in [3.05, 3.63) is 87.4 Å². The van der Waals surface area contributed by atoms with E-state index in [-0.39, 0.29) is 18.0 Å². The van der Waals surface area contributed by atoms with Gasteiger partial charge in [-0.25, -0.2) is 9.20 Å². The fraction of sp³-hybridized carbons (Fsp3) is 0.182. The molecule has 0 saturated carbocycles. The Morgan fingerprint density at radius 3 is 2.63 bits per heavy atom. The van der Waals surface area contributed by atoms with E-state index in [1.165, 1.54) is 16.4 Å². The molecule has 0 unspecified atom stereocenters. The van der Waals surface area contributed by atoms with Crippen LogP contribution < -0.4 is 10.9 Å². The highest BCUT2D eigenvalue weighted by atomic mass is 35.5.